The van der Waals surface area contributed by atoms with Crippen molar-refractivity contribution in [1.29, 1.82) is 0 Å². The summed E-state index contributed by atoms with van der Waals surface area (Å²) >= 11 is 0. The molecule has 38 valence electrons. The number of rotatable bonds is 1. The van der Waals surface area contributed by atoms with Crippen LogP contribution >= 0.6 is 0 Å². The minimum absolute atomic E-state index is 0. The first-order chi connectivity index (χ1) is 2.64. The number of carboxylic acids is 1. The van der Waals surface area contributed by atoms with Gasteiger partial charge in [0.2, 0.25) is 0 Å². The Hall–Kier alpha value is -0.0757. The molecule has 2 nitrogen and oxygen atoms in total. The number of hydrogen-bond donors (Lipinski definition) is 1. The van der Waals surface area contributed by atoms with Gasteiger partial charge in [-0.15, -0.1) is 0 Å². The van der Waals surface area contributed by atoms with Gasteiger partial charge in [-0.25, -0.2) is 4.79 Å². The molecule has 0 heterocycles. The summed E-state index contributed by atoms with van der Waals surface area (Å²) in [4.78, 5) is 9.60. The standard InChI is InChI=1S/C4H6O2.Ti/c1-3(2)4(5)6;/h1H2,2H3,(H,5,6);. The molecule has 0 aliphatic rings. The molecular weight excluding hydrogens is 128 g/mol. The van der Waals surface area contributed by atoms with Crippen molar-refractivity contribution in [1.82, 2.24) is 0 Å². The topological polar surface area (TPSA) is 37.3 Å². The summed E-state index contributed by atoms with van der Waals surface area (Å²) < 4.78 is 0. The van der Waals surface area contributed by atoms with Gasteiger partial charge >= 0.3 is 5.97 Å². The Morgan fingerprint density at radius 1 is 1.71 bits per heavy atom. The Morgan fingerprint density at radius 2 is 1.86 bits per heavy atom. The van der Waals surface area contributed by atoms with Crippen LogP contribution in [0.15, 0.2) is 12.2 Å². The van der Waals surface area contributed by atoms with Gasteiger partial charge in [-0.2, -0.15) is 0 Å². The van der Waals surface area contributed by atoms with Crippen molar-refractivity contribution < 1.29 is 31.6 Å². The van der Waals surface area contributed by atoms with E-state index in [0.29, 0.717) is 0 Å². The smallest absolute Gasteiger partial charge is 0.330 e. The quantitative estimate of drug-likeness (QED) is 0.422. The van der Waals surface area contributed by atoms with Crippen molar-refractivity contribution in [2.24, 2.45) is 0 Å². The molecule has 3 heteroatoms. The van der Waals surface area contributed by atoms with Gasteiger partial charge in [0, 0.05) is 27.3 Å². The fraction of sp³-hybridized carbons (Fsp3) is 0.250. The van der Waals surface area contributed by atoms with Crippen LogP contribution in [0.2, 0.25) is 0 Å². The van der Waals surface area contributed by atoms with E-state index in [0.717, 1.165) is 0 Å². The predicted molar refractivity (Wildman–Crippen MR) is 22.4 cm³/mol. The van der Waals surface area contributed by atoms with Crippen LogP contribution < -0.4 is 0 Å². The molecule has 1 N–H and O–H groups in total. The summed E-state index contributed by atoms with van der Waals surface area (Å²) in [5, 5.41) is 7.89. The van der Waals surface area contributed by atoms with Crippen LogP contribution in [-0.2, 0) is 26.5 Å². The summed E-state index contributed by atoms with van der Waals surface area (Å²) in [6.07, 6.45) is 0. The number of carbonyl (C=O) groups is 1. The van der Waals surface area contributed by atoms with E-state index in [1.807, 2.05) is 0 Å². The molecule has 0 rings (SSSR count). The van der Waals surface area contributed by atoms with Gasteiger partial charge in [-0.3, -0.25) is 0 Å². The zero-order chi connectivity index (χ0) is 5.15. The Labute approximate surface area is 57.1 Å². The number of carboxylic acid groups (broad SMARTS) is 1. The van der Waals surface area contributed by atoms with Gasteiger partial charge in [-0.1, -0.05) is 6.58 Å². The zero-order valence-corrected chi connectivity index (χ0v) is 5.62. The van der Waals surface area contributed by atoms with Crippen LogP contribution in [0.1, 0.15) is 6.92 Å². The molecule has 0 aromatic carbocycles. The number of hydrogen-bond acceptors (Lipinski definition) is 1. The molecule has 0 atom stereocenters. The van der Waals surface area contributed by atoms with E-state index in [-0.39, 0.29) is 27.3 Å². The molecule has 0 bridgehead atoms. The first-order valence-electron chi connectivity index (χ1n) is 1.53. The van der Waals surface area contributed by atoms with E-state index >= 15 is 0 Å². The van der Waals surface area contributed by atoms with Crippen LogP contribution in [0.25, 0.3) is 0 Å². The molecule has 0 spiro atoms. The normalized spacial score (nSPS) is 6.43. The molecule has 0 saturated heterocycles. The SMILES string of the molecule is C=C(C)C(=O)O.[Ti]. The van der Waals surface area contributed by atoms with Crippen LogP contribution in [-0.4, -0.2) is 11.1 Å². The van der Waals surface area contributed by atoms with Crippen molar-refractivity contribution in [2.45, 2.75) is 6.92 Å². The second-order valence-corrected chi connectivity index (χ2v) is 1.09. The molecule has 7 heavy (non-hydrogen) atoms. The van der Waals surface area contributed by atoms with E-state index in [1.54, 1.807) is 0 Å². The van der Waals surface area contributed by atoms with E-state index in [4.69, 9.17) is 5.11 Å². The third-order valence-corrected chi connectivity index (χ3v) is 0.365. The number of aliphatic carboxylic acids is 1. The summed E-state index contributed by atoms with van der Waals surface area (Å²) in [5.74, 6) is -0.935. The Bertz CT molecular complexity index is 75.7. The Morgan fingerprint density at radius 3 is 1.86 bits per heavy atom. The molecule has 0 aliphatic heterocycles. The predicted octanol–water partition coefficient (Wildman–Crippen LogP) is 0.645. The van der Waals surface area contributed by atoms with Crippen LogP contribution in [0, 0.1) is 0 Å². The third-order valence-electron chi connectivity index (χ3n) is 0.365. The molecule has 0 radical (unpaired) electrons. The average molecular weight is 134 g/mol. The minimum Gasteiger partial charge on any atom is -0.478 e. The zero-order valence-electron chi connectivity index (χ0n) is 4.06. The molecule has 0 unspecified atom stereocenters. The fourth-order valence-corrected chi connectivity index (χ4v) is 0. The summed E-state index contributed by atoms with van der Waals surface area (Å²) in [7, 11) is 0. The molecule has 0 saturated carbocycles. The van der Waals surface area contributed by atoms with Crippen molar-refractivity contribution >= 4 is 5.97 Å². The van der Waals surface area contributed by atoms with Gasteiger partial charge in [-0.05, 0) is 6.92 Å². The van der Waals surface area contributed by atoms with Crippen LogP contribution in [0.3, 0.4) is 0 Å². The van der Waals surface area contributed by atoms with E-state index in [9.17, 15) is 4.79 Å². The Balaban J connectivity index is 0. The van der Waals surface area contributed by atoms with Gasteiger partial charge in [0.05, 0.1) is 0 Å². The van der Waals surface area contributed by atoms with Gasteiger partial charge in [0.25, 0.3) is 0 Å². The molecule has 0 aliphatic carbocycles. The van der Waals surface area contributed by atoms with E-state index < -0.39 is 5.97 Å². The first-order valence-corrected chi connectivity index (χ1v) is 1.53. The first kappa shape index (κ1) is 10.0. The molecule has 0 fully saturated rings. The maximum atomic E-state index is 9.60. The summed E-state index contributed by atoms with van der Waals surface area (Å²) in [5.41, 5.74) is 0.176. The maximum absolute atomic E-state index is 9.60. The molecular formula is C4H6O2Ti. The van der Waals surface area contributed by atoms with Gasteiger partial charge in [0.15, 0.2) is 0 Å². The average Bonchev–Trinajstić information content (AvgIpc) is 1.36. The monoisotopic (exact) mass is 134 g/mol. The second-order valence-electron chi connectivity index (χ2n) is 1.09. The van der Waals surface area contributed by atoms with Crippen LogP contribution in [0.4, 0.5) is 0 Å². The van der Waals surface area contributed by atoms with E-state index in [2.05, 4.69) is 6.58 Å². The minimum atomic E-state index is -0.935. The van der Waals surface area contributed by atoms with Gasteiger partial charge < -0.3 is 5.11 Å². The summed E-state index contributed by atoms with van der Waals surface area (Å²) in [6.45, 7) is 4.60. The maximum Gasteiger partial charge on any atom is 0.330 e. The third kappa shape index (κ3) is 5.92. The van der Waals surface area contributed by atoms with Gasteiger partial charge in [0.1, 0.15) is 0 Å². The molecule has 0 aromatic rings. The van der Waals surface area contributed by atoms with Crippen molar-refractivity contribution in [2.75, 3.05) is 0 Å². The summed E-state index contributed by atoms with van der Waals surface area (Å²) in [6, 6.07) is 0. The fourth-order valence-electron chi connectivity index (χ4n) is 0. The van der Waals surface area contributed by atoms with Crippen LogP contribution in [0.5, 0.6) is 0 Å². The Kier molecular flexibility index (Phi) is 5.86. The van der Waals surface area contributed by atoms with Crippen molar-refractivity contribution in [3.8, 4) is 0 Å². The molecule has 0 aromatic heterocycles. The van der Waals surface area contributed by atoms with Crippen molar-refractivity contribution in [3.05, 3.63) is 12.2 Å². The second kappa shape index (κ2) is 4.09. The molecule has 0 amide bonds. The van der Waals surface area contributed by atoms with E-state index in [1.165, 1.54) is 6.92 Å². The van der Waals surface area contributed by atoms with Crippen molar-refractivity contribution in [3.63, 3.8) is 0 Å². The largest absolute Gasteiger partial charge is 0.478 e.